The molecule has 0 aliphatic heterocycles. The molecule has 0 bridgehead atoms. The second kappa shape index (κ2) is 18.5. The third-order valence-corrected chi connectivity index (χ3v) is 6.05. The molecule has 0 rings (SSSR count). The molecule has 0 amide bonds. The second-order valence-corrected chi connectivity index (χ2v) is 9.55. The van der Waals surface area contributed by atoms with E-state index < -0.39 is 7.60 Å². The number of unbranched alkanes of at least 4 members (excludes halogenated alkanes) is 14. The third-order valence-electron chi connectivity index (χ3n) is 5.21. The summed E-state index contributed by atoms with van der Waals surface area (Å²) in [6.07, 6.45) is 21.6. The zero-order chi connectivity index (χ0) is 19.5. The molecule has 0 aromatic carbocycles. The SMILES string of the molecule is CCCCCCCCCCCCCCCCC[C@H](CCP(=O)(O)O)OC. The van der Waals surface area contributed by atoms with Crippen molar-refractivity contribution in [2.45, 2.75) is 122 Å². The quantitative estimate of drug-likeness (QED) is 0.176. The molecular formula is C21H45O4P. The standard InChI is InChI=1S/C21H45O4P/c1-3-4-5-6-7-8-9-10-11-12-13-14-15-16-17-18-21(25-2)19-20-26(22,23)24/h21H,3-20H2,1-2H3,(H2,22,23,24)/t21-/m1/s1. The maximum absolute atomic E-state index is 10.9. The van der Waals surface area contributed by atoms with Gasteiger partial charge in [-0.05, 0) is 12.8 Å². The second-order valence-electron chi connectivity index (χ2n) is 7.77. The van der Waals surface area contributed by atoms with Crippen LogP contribution in [-0.2, 0) is 9.30 Å². The summed E-state index contributed by atoms with van der Waals surface area (Å²) in [6.45, 7) is 2.27. The monoisotopic (exact) mass is 392 g/mol. The molecule has 2 N–H and O–H groups in total. The van der Waals surface area contributed by atoms with E-state index in [1.54, 1.807) is 7.11 Å². The van der Waals surface area contributed by atoms with Crippen LogP contribution in [0.25, 0.3) is 0 Å². The van der Waals surface area contributed by atoms with Gasteiger partial charge in [0.2, 0.25) is 0 Å². The number of ether oxygens (including phenoxy) is 1. The van der Waals surface area contributed by atoms with E-state index in [2.05, 4.69) is 6.92 Å². The van der Waals surface area contributed by atoms with Gasteiger partial charge < -0.3 is 14.5 Å². The van der Waals surface area contributed by atoms with Crippen LogP contribution in [0.15, 0.2) is 0 Å². The molecule has 0 fully saturated rings. The first-order valence-electron chi connectivity index (χ1n) is 11.1. The topological polar surface area (TPSA) is 66.8 Å². The van der Waals surface area contributed by atoms with E-state index in [0.29, 0.717) is 6.42 Å². The van der Waals surface area contributed by atoms with Gasteiger partial charge in [-0.15, -0.1) is 0 Å². The zero-order valence-electron chi connectivity index (χ0n) is 17.5. The highest BCUT2D eigenvalue weighted by Crippen LogP contribution is 2.36. The lowest BCUT2D eigenvalue weighted by molar-refractivity contribution is 0.0891. The first-order valence-corrected chi connectivity index (χ1v) is 12.9. The molecule has 5 heteroatoms. The van der Waals surface area contributed by atoms with Crippen molar-refractivity contribution in [2.75, 3.05) is 13.3 Å². The Labute approximate surface area is 162 Å². The summed E-state index contributed by atoms with van der Waals surface area (Å²) in [7, 11) is -2.25. The third kappa shape index (κ3) is 20.4. The molecule has 26 heavy (non-hydrogen) atoms. The van der Waals surface area contributed by atoms with Gasteiger partial charge in [-0.2, -0.15) is 0 Å². The molecule has 0 aromatic heterocycles. The Morgan fingerprint density at radius 1 is 0.692 bits per heavy atom. The number of hydrogen-bond donors (Lipinski definition) is 2. The Balaban J connectivity index is 3.26. The fourth-order valence-electron chi connectivity index (χ4n) is 3.44. The van der Waals surface area contributed by atoms with Crippen LogP contribution in [0.2, 0.25) is 0 Å². The van der Waals surface area contributed by atoms with Crippen LogP contribution >= 0.6 is 7.60 Å². The van der Waals surface area contributed by atoms with Crippen LogP contribution < -0.4 is 0 Å². The van der Waals surface area contributed by atoms with Crippen LogP contribution in [0, 0.1) is 0 Å². The lowest BCUT2D eigenvalue weighted by atomic mass is 10.0. The number of methoxy groups -OCH3 is 1. The molecule has 0 saturated heterocycles. The van der Waals surface area contributed by atoms with E-state index in [1.807, 2.05) is 0 Å². The Bertz CT molecular complexity index is 330. The highest BCUT2D eigenvalue weighted by atomic mass is 31.2. The van der Waals surface area contributed by atoms with Gasteiger partial charge in [-0.3, -0.25) is 4.57 Å². The molecule has 1 atom stereocenters. The van der Waals surface area contributed by atoms with Crippen molar-refractivity contribution in [3.8, 4) is 0 Å². The van der Waals surface area contributed by atoms with Gasteiger partial charge in [0.05, 0.1) is 12.3 Å². The average molecular weight is 393 g/mol. The fourth-order valence-corrected chi connectivity index (χ4v) is 4.06. The van der Waals surface area contributed by atoms with Crippen LogP contribution in [0.1, 0.15) is 116 Å². The molecular weight excluding hydrogens is 347 g/mol. The van der Waals surface area contributed by atoms with Gasteiger partial charge >= 0.3 is 7.60 Å². The van der Waals surface area contributed by atoms with E-state index in [1.165, 1.54) is 89.9 Å². The summed E-state index contributed by atoms with van der Waals surface area (Å²) < 4.78 is 16.2. The van der Waals surface area contributed by atoms with E-state index in [4.69, 9.17) is 14.5 Å². The van der Waals surface area contributed by atoms with Crippen molar-refractivity contribution in [3.63, 3.8) is 0 Å². The lowest BCUT2D eigenvalue weighted by Crippen LogP contribution is -2.12. The van der Waals surface area contributed by atoms with Crippen LogP contribution in [0.5, 0.6) is 0 Å². The van der Waals surface area contributed by atoms with E-state index >= 15 is 0 Å². The molecule has 0 saturated carbocycles. The zero-order valence-corrected chi connectivity index (χ0v) is 18.4. The Morgan fingerprint density at radius 3 is 1.42 bits per heavy atom. The first-order chi connectivity index (χ1) is 12.5. The summed E-state index contributed by atoms with van der Waals surface area (Å²) in [6, 6.07) is 0. The minimum Gasteiger partial charge on any atom is -0.381 e. The Kier molecular flexibility index (Phi) is 18.6. The molecule has 4 nitrogen and oxygen atoms in total. The van der Waals surface area contributed by atoms with Crippen molar-refractivity contribution in [1.29, 1.82) is 0 Å². The predicted octanol–water partition coefficient (Wildman–Crippen LogP) is 6.83. The maximum atomic E-state index is 10.9. The minimum atomic E-state index is -3.89. The van der Waals surface area contributed by atoms with Crippen LogP contribution in [-0.4, -0.2) is 29.2 Å². The normalized spacial score (nSPS) is 13.2. The van der Waals surface area contributed by atoms with Gasteiger partial charge in [-0.25, -0.2) is 0 Å². The first kappa shape index (κ1) is 26.1. The Morgan fingerprint density at radius 2 is 1.08 bits per heavy atom. The van der Waals surface area contributed by atoms with Crippen molar-refractivity contribution in [2.24, 2.45) is 0 Å². The van der Waals surface area contributed by atoms with Gasteiger partial charge in [-0.1, -0.05) is 103 Å². The molecule has 158 valence electrons. The number of rotatable bonds is 20. The average Bonchev–Trinajstić information content (AvgIpc) is 2.60. The van der Waals surface area contributed by atoms with Crippen molar-refractivity contribution in [1.82, 2.24) is 0 Å². The highest BCUT2D eigenvalue weighted by Gasteiger charge is 2.16. The van der Waals surface area contributed by atoms with Gasteiger partial charge in [0.25, 0.3) is 0 Å². The van der Waals surface area contributed by atoms with Crippen LogP contribution in [0.3, 0.4) is 0 Å². The lowest BCUT2D eigenvalue weighted by Gasteiger charge is -2.15. The minimum absolute atomic E-state index is 0.00963. The summed E-state index contributed by atoms with van der Waals surface area (Å²) >= 11 is 0. The van der Waals surface area contributed by atoms with Gasteiger partial charge in [0, 0.05) is 7.11 Å². The molecule has 0 aromatic rings. The van der Waals surface area contributed by atoms with E-state index in [-0.39, 0.29) is 12.3 Å². The maximum Gasteiger partial charge on any atom is 0.325 e. The van der Waals surface area contributed by atoms with Crippen molar-refractivity contribution < 1.29 is 19.1 Å². The van der Waals surface area contributed by atoms with Gasteiger partial charge in [0.1, 0.15) is 0 Å². The summed E-state index contributed by atoms with van der Waals surface area (Å²) in [5, 5.41) is 0. The summed E-state index contributed by atoms with van der Waals surface area (Å²) in [5.74, 6) is 0. The van der Waals surface area contributed by atoms with Crippen LogP contribution in [0.4, 0.5) is 0 Å². The molecule has 0 radical (unpaired) electrons. The molecule has 0 aliphatic carbocycles. The number of hydrogen-bond acceptors (Lipinski definition) is 2. The molecule has 0 heterocycles. The molecule has 0 aliphatic rings. The smallest absolute Gasteiger partial charge is 0.325 e. The van der Waals surface area contributed by atoms with Crippen molar-refractivity contribution >= 4 is 7.60 Å². The summed E-state index contributed by atoms with van der Waals surface area (Å²) in [5.41, 5.74) is 0. The largest absolute Gasteiger partial charge is 0.381 e. The van der Waals surface area contributed by atoms with Crippen molar-refractivity contribution in [3.05, 3.63) is 0 Å². The molecule has 0 spiro atoms. The Hall–Kier alpha value is 0.110. The fraction of sp³-hybridized carbons (Fsp3) is 1.00. The summed E-state index contributed by atoms with van der Waals surface area (Å²) in [4.78, 5) is 17.8. The van der Waals surface area contributed by atoms with Gasteiger partial charge in [0.15, 0.2) is 0 Å². The van der Waals surface area contributed by atoms with E-state index in [0.717, 1.165) is 12.8 Å². The predicted molar refractivity (Wildman–Crippen MR) is 112 cm³/mol. The van der Waals surface area contributed by atoms with E-state index in [9.17, 15) is 4.57 Å². The highest BCUT2D eigenvalue weighted by molar-refractivity contribution is 7.51. The molecule has 0 unspecified atom stereocenters.